The molecule has 2 aliphatic heterocycles. The molecule has 0 radical (unpaired) electrons. The van der Waals surface area contributed by atoms with E-state index in [1.165, 1.54) is 19.3 Å². The molecule has 0 aliphatic carbocycles. The Kier molecular flexibility index (Phi) is 5.48. The molecule has 21 heavy (non-hydrogen) atoms. The highest BCUT2D eigenvalue weighted by Gasteiger charge is 2.38. The number of carboxylic acid groups (broad SMARTS) is 1. The van der Waals surface area contributed by atoms with E-state index in [0.29, 0.717) is 13.1 Å². The fourth-order valence-electron chi connectivity index (χ4n) is 3.44. The lowest BCUT2D eigenvalue weighted by Gasteiger charge is -2.43. The lowest BCUT2D eigenvalue weighted by molar-refractivity contribution is -0.144. The largest absolute Gasteiger partial charge is 0.481 e. The second kappa shape index (κ2) is 7.14. The van der Waals surface area contributed by atoms with Crippen LogP contribution in [-0.4, -0.2) is 53.1 Å². The Morgan fingerprint density at radius 1 is 1.19 bits per heavy atom. The molecule has 2 heterocycles. The van der Waals surface area contributed by atoms with Gasteiger partial charge in [0.05, 0.1) is 5.92 Å². The Labute approximate surface area is 127 Å². The summed E-state index contributed by atoms with van der Waals surface area (Å²) in [6.07, 6.45) is 5.93. The number of likely N-dealkylation sites (tertiary alicyclic amines) is 2. The van der Waals surface area contributed by atoms with Gasteiger partial charge in [-0.3, -0.25) is 4.79 Å². The van der Waals surface area contributed by atoms with E-state index in [1.807, 2.05) is 9.80 Å². The average molecular weight is 296 g/mol. The zero-order valence-corrected chi connectivity index (χ0v) is 13.3. The van der Waals surface area contributed by atoms with Crippen molar-refractivity contribution in [3.63, 3.8) is 0 Å². The first-order valence-electron chi connectivity index (χ1n) is 8.29. The van der Waals surface area contributed by atoms with Crippen LogP contribution in [0.4, 0.5) is 4.79 Å². The molecule has 2 aliphatic rings. The van der Waals surface area contributed by atoms with Crippen molar-refractivity contribution in [2.45, 2.75) is 46.0 Å². The van der Waals surface area contributed by atoms with Gasteiger partial charge >= 0.3 is 12.0 Å². The van der Waals surface area contributed by atoms with E-state index in [1.54, 1.807) is 6.92 Å². The van der Waals surface area contributed by atoms with Crippen LogP contribution in [0.2, 0.25) is 0 Å². The molecule has 2 unspecified atom stereocenters. The van der Waals surface area contributed by atoms with Crippen LogP contribution in [0, 0.1) is 17.8 Å². The van der Waals surface area contributed by atoms with Crippen LogP contribution in [0.25, 0.3) is 0 Å². The van der Waals surface area contributed by atoms with Gasteiger partial charge in [0, 0.05) is 32.1 Å². The van der Waals surface area contributed by atoms with Gasteiger partial charge in [-0.15, -0.1) is 0 Å². The summed E-state index contributed by atoms with van der Waals surface area (Å²) in [6.45, 7) is 6.87. The Morgan fingerprint density at radius 2 is 1.90 bits per heavy atom. The molecule has 0 spiro atoms. The van der Waals surface area contributed by atoms with E-state index in [4.69, 9.17) is 5.11 Å². The number of nitrogens with zero attached hydrogens (tertiary/aromatic N) is 2. The van der Waals surface area contributed by atoms with Crippen molar-refractivity contribution in [2.75, 3.05) is 26.2 Å². The average Bonchev–Trinajstić information content (AvgIpc) is 2.62. The number of carboxylic acids is 1. The summed E-state index contributed by atoms with van der Waals surface area (Å²) < 4.78 is 0. The number of carbonyl (C=O) groups is 2. The summed E-state index contributed by atoms with van der Waals surface area (Å²) in [5, 5.41) is 8.99. The molecule has 2 saturated heterocycles. The minimum Gasteiger partial charge on any atom is -0.481 e. The highest BCUT2D eigenvalue weighted by molar-refractivity contribution is 5.76. The van der Waals surface area contributed by atoms with Crippen LogP contribution in [0.5, 0.6) is 0 Å². The normalized spacial score (nSPS) is 25.1. The molecule has 5 heteroatoms. The van der Waals surface area contributed by atoms with Gasteiger partial charge < -0.3 is 14.9 Å². The van der Waals surface area contributed by atoms with Gasteiger partial charge in [-0.1, -0.05) is 26.7 Å². The van der Waals surface area contributed by atoms with E-state index in [2.05, 4.69) is 6.92 Å². The molecular formula is C16H28N2O3. The number of amides is 2. The zero-order chi connectivity index (χ0) is 15.4. The molecule has 0 bridgehead atoms. The Bertz CT molecular complexity index is 380. The molecule has 0 saturated carbocycles. The van der Waals surface area contributed by atoms with Crippen molar-refractivity contribution in [1.29, 1.82) is 0 Å². The van der Waals surface area contributed by atoms with E-state index >= 15 is 0 Å². The standard InChI is InChI=1S/C16H28N2O3/c1-3-5-13-6-4-8-17(9-7-13)16(21)18-10-14(11-18)12(2)15(19)20/h12-14H,3-11H2,1-2H3,(H,19,20). The number of urea groups is 1. The molecule has 2 fully saturated rings. The van der Waals surface area contributed by atoms with E-state index < -0.39 is 5.97 Å². The van der Waals surface area contributed by atoms with Crippen molar-refractivity contribution in [2.24, 2.45) is 17.8 Å². The summed E-state index contributed by atoms with van der Waals surface area (Å²) in [5.74, 6) is -0.230. The van der Waals surface area contributed by atoms with Gasteiger partial charge in [0.15, 0.2) is 0 Å². The predicted molar refractivity (Wildman–Crippen MR) is 81.1 cm³/mol. The quantitative estimate of drug-likeness (QED) is 0.867. The topological polar surface area (TPSA) is 60.9 Å². The van der Waals surface area contributed by atoms with Crippen LogP contribution in [0.1, 0.15) is 46.0 Å². The molecule has 0 aromatic rings. The van der Waals surface area contributed by atoms with Gasteiger partial charge in [0.2, 0.25) is 0 Å². The van der Waals surface area contributed by atoms with Crippen molar-refractivity contribution in [3.05, 3.63) is 0 Å². The summed E-state index contributed by atoms with van der Waals surface area (Å²) in [7, 11) is 0. The van der Waals surface area contributed by atoms with Gasteiger partial charge in [-0.2, -0.15) is 0 Å². The molecule has 2 amide bonds. The molecule has 120 valence electrons. The second-order valence-corrected chi connectivity index (χ2v) is 6.65. The summed E-state index contributed by atoms with van der Waals surface area (Å²) in [5.41, 5.74) is 0. The molecular weight excluding hydrogens is 268 g/mol. The third-order valence-electron chi connectivity index (χ3n) is 5.09. The third kappa shape index (κ3) is 3.89. The second-order valence-electron chi connectivity index (χ2n) is 6.65. The molecule has 2 rings (SSSR count). The van der Waals surface area contributed by atoms with Crippen LogP contribution >= 0.6 is 0 Å². The predicted octanol–water partition coefficient (Wildman–Crippen LogP) is 2.66. The maximum absolute atomic E-state index is 12.4. The number of carbonyl (C=O) groups excluding carboxylic acids is 1. The number of hydrogen-bond acceptors (Lipinski definition) is 2. The SMILES string of the molecule is CCCC1CCCN(C(=O)N2CC(C(C)C(=O)O)C2)CC1. The molecule has 2 atom stereocenters. The molecule has 5 nitrogen and oxygen atoms in total. The van der Waals surface area contributed by atoms with Gasteiger partial charge in [-0.25, -0.2) is 4.79 Å². The van der Waals surface area contributed by atoms with Crippen LogP contribution in [0.3, 0.4) is 0 Å². The smallest absolute Gasteiger partial charge is 0.320 e. The third-order valence-corrected chi connectivity index (χ3v) is 5.09. The summed E-state index contributed by atoms with van der Waals surface area (Å²) in [6, 6.07) is 0.112. The van der Waals surface area contributed by atoms with Crippen LogP contribution in [0.15, 0.2) is 0 Å². The van der Waals surface area contributed by atoms with Crippen LogP contribution < -0.4 is 0 Å². The van der Waals surface area contributed by atoms with Crippen molar-refractivity contribution < 1.29 is 14.7 Å². The molecule has 0 aromatic heterocycles. The first kappa shape index (κ1) is 16.1. The molecule has 1 N–H and O–H groups in total. The highest BCUT2D eigenvalue weighted by Crippen LogP contribution is 2.27. The van der Waals surface area contributed by atoms with Gasteiger partial charge in [0.25, 0.3) is 0 Å². The fraction of sp³-hybridized carbons (Fsp3) is 0.875. The maximum atomic E-state index is 12.4. The lowest BCUT2D eigenvalue weighted by Crippen LogP contribution is -2.57. The van der Waals surface area contributed by atoms with E-state index in [0.717, 1.165) is 31.8 Å². The Hall–Kier alpha value is -1.26. The highest BCUT2D eigenvalue weighted by atomic mass is 16.4. The van der Waals surface area contributed by atoms with E-state index in [9.17, 15) is 9.59 Å². The lowest BCUT2D eigenvalue weighted by atomic mass is 9.87. The summed E-state index contributed by atoms with van der Waals surface area (Å²) in [4.78, 5) is 27.2. The zero-order valence-electron chi connectivity index (χ0n) is 13.3. The minimum absolute atomic E-state index is 0.112. The van der Waals surface area contributed by atoms with Crippen molar-refractivity contribution >= 4 is 12.0 Å². The Morgan fingerprint density at radius 3 is 2.52 bits per heavy atom. The number of rotatable bonds is 4. The minimum atomic E-state index is -0.760. The number of aliphatic carboxylic acids is 1. The Balaban J connectivity index is 1.78. The monoisotopic (exact) mass is 296 g/mol. The first-order valence-corrected chi connectivity index (χ1v) is 8.29. The van der Waals surface area contributed by atoms with Crippen molar-refractivity contribution in [1.82, 2.24) is 9.80 Å². The maximum Gasteiger partial charge on any atom is 0.320 e. The van der Waals surface area contributed by atoms with Crippen LogP contribution in [-0.2, 0) is 4.79 Å². The van der Waals surface area contributed by atoms with Gasteiger partial charge in [-0.05, 0) is 25.2 Å². The molecule has 0 aromatic carbocycles. The van der Waals surface area contributed by atoms with Gasteiger partial charge in [0.1, 0.15) is 0 Å². The summed E-state index contributed by atoms with van der Waals surface area (Å²) >= 11 is 0. The fourth-order valence-corrected chi connectivity index (χ4v) is 3.44. The van der Waals surface area contributed by atoms with E-state index in [-0.39, 0.29) is 17.9 Å². The number of hydrogen-bond donors (Lipinski definition) is 1. The first-order chi connectivity index (χ1) is 10.0. The van der Waals surface area contributed by atoms with Crippen molar-refractivity contribution in [3.8, 4) is 0 Å².